The van der Waals surface area contributed by atoms with E-state index < -0.39 is 0 Å². The Kier molecular flexibility index (Phi) is 5.41. The van der Waals surface area contributed by atoms with Gasteiger partial charge in [-0.05, 0) is 33.7 Å². The van der Waals surface area contributed by atoms with E-state index in [1.165, 1.54) is 0 Å². The lowest BCUT2D eigenvalue weighted by Gasteiger charge is -2.25. The maximum absolute atomic E-state index is 12.2. The molecule has 5 nitrogen and oxygen atoms in total. The van der Waals surface area contributed by atoms with E-state index in [-0.39, 0.29) is 30.3 Å². The number of carbonyl (C=O) groups excluding carboxylic acids is 2. The second-order valence-electron chi connectivity index (χ2n) is 4.44. The smallest absolute Gasteiger partial charge is 0.239 e. The van der Waals surface area contributed by atoms with Gasteiger partial charge in [0.05, 0.1) is 12.5 Å². The van der Waals surface area contributed by atoms with Crippen molar-refractivity contribution in [3.63, 3.8) is 0 Å². The first kappa shape index (κ1) is 14.0. The molecule has 0 aromatic carbocycles. The molecule has 98 valence electrons. The fourth-order valence-electron chi connectivity index (χ4n) is 2.20. The van der Waals surface area contributed by atoms with Gasteiger partial charge in [-0.1, -0.05) is 0 Å². The van der Waals surface area contributed by atoms with Gasteiger partial charge in [0.2, 0.25) is 11.8 Å². The predicted molar refractivity (Wildman–Crippen MR) is 66.5 cm³/mol. The summed E-state index contributed by atoms with van der Waals surface area (Å²) in [7, 11) is 0. The van der Waals surface area contributed by atoms with Gasteiger partial charge in [0, 0.05) is 19.1 Å². The Morgan fingerprint density at radius 1 is 1.41 bits per heavy atom. The van der Waals surface area contributed by atoms with Crippen molar-refractivity contribution in [2.75, 3.05) is 26.2 Å². The summed E-state index contributed by atoms with van der Waals surface area (Å²) in [6, 6.07) is 0.214. The molecule has 0 saturated carbocycles. The van der Waals surface area contributed by atoms with Crippen LogP contribution in [0.3, 0.4) is 0 Å². The third-order valence-corrected chi connectivity index (χ3v) is 3.24. The van der Waals surface area contributed by atoms with Gasteiger partial charge in [0.25, 0.3) is 0 Å². The number of rotatable bonds is 5. The highest BCUT2D eigenvalue weighted by molar-refractivity contribution is 5.86. The van der Waals surface area contributed by atoms with Crippen LogP contribution < -0.4 is 10.6 Å². The summed E-state index contributed by atoms with van der Waals surface area (Å²) in [5, 5.41) is 5.98. The van der Waals surface area contributed by atoms with Crippen molar-refractivity contribution >= 4 is 11.8 Å². The van der Waals surface area contributed by atoms with Crippen LogP contribution in [0.15, 0.2) is 0 Å². The standard InChI is InChI=1S/C12H23N3O2/c1-4-13-11(16)8-15(5-2)12(17)10-6-7-14-9(10)3/h9-10,14H,4-8H2,1-3H3,(H,13,16). The highest BCUT2D eigenvalue weighted by Gasteiger charge is 2.32. The molecule has 17 heavy (non-hydrogen) atoms. The molecule has 0 aromatic rings. The summed E-state index contributed by atoms with van der Waals surface area (Å²) in [6.07, 6.45) is 0.867. The zero-order valence-electron chi connectivity index (χ0n) is 11.0. The lowest BCUT2D eigenvalue weighted by Crippen LogP contribution is -2.45. The average Bonchev–Trinajstić information content (AvgIpc) is 2.72. The summed E-state index contributed by atoms with van der Waals surface area (Å²) in [5.74, 6) is 0.0296. The van der Waals surface area contributed by atoms with Gasteiger partial charge in [-0.15, -0.1) is 0 Å². The minimum absolute atomic E-state index is 0.0179. The van der Waals surface area contributed by atoms with Crippen LogP contribution in [0.1, 0.15) is 27.2 Å². The quantitative estimate of drug-likeness (QED) is 0.710. The number of hydrogen-bond acceptors (Lipinski definition) is 3. The van der Waals surface area contributed by atoms with Crippen molar-refractivity contribution in [3.05, 3.63) is 0 Å². The van der Waals surface area contributed by atoms with Gasteiger partial charge in [-0.2, -0.15) is 0 Å². The van der Waals surface area contributed by atoms with Crippen LogP contribution in [0.2, 0.25) is 0 Å². The average molecular weight is 241 g/mol. The molecule has 2 N–H and O–H groups in total. The molecular weight excluding hydrogens is 218 g/mol. The molecule has 1 aliphatic rings. The molecular formula is C12H23N3O2. The van der Waals surface area contributed by atoms with E-state index in [1.807, 2.05) is 20.8 Å². The number of nitrogens with zero attached hydrogens (tertiary/aromatic N) is 1. The Balaban J connectivity index is 2.54. The number of amides is 2. The number of nitrogens with one attached hydrogen (secondary N) is 2. The second-order valence-corrected chi connectivity index (χ2v) is 4.44. The Morgan fingerprint density at radius 2 is 2.12 bits per heavy atom. The number of hydrogen-bond donors (Lipinski definition) is 2. The van der Waals surface area contributed by atoms with E-state index >= 15 is 0 Å². The van der Waals surface area contributed by atoms with E-state index in [2.05, 4.69) is 10.6 Å². The molecule has 2 unspecified atom stereocenters. The topological polar surface area (TPSA) is 61.4 Å². The maximum Gasteiger partial charge on any atom is 0.239 e. The largest absolute Gasteiger partial charge is 0.355 e. The van der Waals surface area contributed by atoms with E-state index in [0.29, 0.717) is 13.1 Å². The van der Waals surface area contributed by atoms with Gasteiger partial charge >= 0.3 is 0 Å². The van der Waals surface area contributed by atoms with E-state index in [1.54, 1.807) is 4.90 Å². The van der Waals surface area contributed by atoms with Crippen LogP contribution >= 0.6 is 0 Å². The zero-order valence-corrected chi connectivity index (χ0v) is 11.0. The van der Waals surface area contributed by atoms with Gasteiger partial charge in [-0.25, -0.2) is 0 Å². The summed E-state index contributed by atoms with van der Waals surface area (Å²) < 4.78 is 0. The highest BCUT2D eigenvalue weighted by atomic mass is 16.2. The first-order chi connectivity index (χ1) is 8.10. The van der Waals surface area contributed by atoms with Crippen molar-refractivity contribution < 1.29 is 9.59 Å². The van der Waals surface area contributed by atoms with Crippen molar-refractivity contribution in [2.45, 2.75) is 33.2 Å². The molecule has 1 fully saturated rings. The van der Waals surface area contributed by atoms with Crippen LogP contribution in [0.4, 0.5) is 0 Å². The van der Waals surface area contributed by atoms with Crippen LogP contribution in [0.25, 0.3) is 0 Å². The van der Waals surface area contributed by atoms with Gasteiger partial charge < -0.3 is 15.5 Å². The summed E-state index contributed by atoms with van der Waals surface area (Å²) in [5.41, 5.74) is 0. The van der Waals surface area contributed by atoms with Gasteiger partial charge in [0.15, 0.2) is 0 Å². The van der Waals surface area contributed by atoms with Crippen molar-refractivity contribution in [1.29, 1.82) is 0 Å². The van der Waals surface area contributed by atoms with Gasteiger partial charge in [-0.3, -0.25) is 9.59 Å². The molecule has 1 saturated heterocycles. The third-order valence-electron chi connectivity index (χ3n) is 3.24. The number of likely N-dealkylation sites (N-methyl/N-ethyl adjacent to an activating group) is 2. The Bertz CT molecular complexity index is 281. The van der Waals surface area contributed by atoms with Crippen LogP contribution in [0.5, 0.6) is 0 Å². The van der Waals surface area contributed by atoms with Crippen molar-refractivity contribution in [2.24, 2.45) is 5.92 Å². The molecule has 0 aliphatic carbocycles. The number of carbonyl (C=O) groups is 2. The molecule has 0 aromatic heterocycles. The maximum atomic E-state index is 12.2. The highest BCUT2D eigenvalue weighted by Crippen LogP contribution is 2.17. The fourth-order valence-corrected chi connectivity index (χ4v) is 2.20. The molecule has 0 spiro atoms. The molecule has 1 aliphatic heterocycles. The van der Waals surface area contributed by atoms with Crippen molar-refractivity contribution in [3.8, 4) is 0 Å². The Morgan fingerprint density at radius 3 is 2.59 bits per heavy atom. The van der Waals surface area contributed by atoms with E-state index in [4.69, 9.17) is 0 Å². The summed E-state index contributed by atoms with van der Waals surface area (Å²) >= 11 is 0. The minimum atomic E-state index is -0.0821. The Labute approximate surface area is 103 Å². The second kappa shape index (κ2) is 6.59. The predicted octanol–water partition coefficient (Wildman–Crippen LogP) is -0.0310. The fraction of sp³-hybridized carbons (Fsp3) is 0.833. The molecule has 1 rings (SSSR count). The summed E-state index contributed by atoms with van der Waals surface area (Å²) in [6.45, 7) is 8.05. The molecule has 5 heteroatoms. The molecule has 0 bridgehead atoms. The molecule has 0 radical (unpaired) electrons. The van der Waals surface area contributed by atoms with E-state index in [9.17, 15) is 9.59 Å². The molecule has 2 atom stereocenters. The van der Waals surface area contributed by atoms with Gasteiger partial charge in [0.1, 0.15) is 0 Å². The molecule has 1 heterocycles. The molecule has 2 amide bonds. The van der Waals surface area contributed by atoms with Crippen LogP contribution in [-0.4, -0.2) is 48.9 Å². The normalized spacial score (nSPS) is 23.5. The monoisotopic (exact) mass is 241 g/mol. The lowest BCUT2D eigenvalue weighted by atomic mass is 10.0. The van der Waals surface area contributed by atoms with E-state index in [0.717, 1.165) is 13.0 Å². The third kappa shape index (κ3) is 3.70. The van der Waals surface area contributed by atoms with Crippen LogP contribution in [0, 0.1) is 5.92 Å². The van der Waals surface area contributed by atoms with Crippen LogP contribution in [-0.2, 0) is 9.59 Å². The zero-order chi connectivity index (χ0) is 12.8. The SMILES string of the molecule is CCNC(=O)CN(CC)C(=O)C1CCNC1C. The Hall–Kier alpha value is -1.10. The lowest BCUT2D eigenvalue weighted by molar-refractivity contribution is -0.139. The first-order valence-electron chi connectivity index (χ1n) is 6.39. The minimum Gasteiger partial charge on any atom is -0.355 e. The van der Waals surface area contributed by atoms with Crippen molar-refractivity contribution in [1.82, 2.24) is 15.5 Å². The first-order valence-corrected chi connectivity index (χ1v) is 6.39. The summed E-state index contributed by atoms with van der Waals surface area (Å²) in [4.78, 5) is 25.4.